The summed E-state index contributed by atoms with van der Waals surface area (Å²) in [6, 6.07) is 4.97. The van der Waals surface area contributed by atoms with Crippen LogP contribution in [0.2, 0.25) is 4.34 Å². The van der Waals surface area contributed by atoms with Crippen molar-refractivity contribution < 1.29 is 4.79 Å². The zero-order valence-electron chi connectivity index (χ0n) is 8.82. The highest BCUT2D eigenvalue weighted by molar-refractivity contribution is 9.11. The van der Waals surface area contributed by atoms with Gasteiger partial charge < -0.3 is 4.57 Å². The van der Waals surface area contributed by atoms with E-state index in [-0.39, 0.29) is 17.9 Å². The molecule has 3 nitrogen and oxygen atoms in total. The summed E-state index contributed by atoms with van der Waals surface area (Å²) in [7, 11) is 0. The smallest absolute Gasteiger partial charge is 0.265 e. The zero-order chi connectivity index (χ0) is 13.3. The third-order valence-electron chi connectivity index (χ3n) is 2.17. The van der Waals surface area contributed by atoms with Crippen LogP contribution in [0.1, 0.15) is 9.67 Å². The number of hydrogen-bond donors (Lipinski definition) is 0. The highest BCUT2D eigenvalue weighted by Gasteiger charge is 2.12. The van der Waals surface area contributed by atoms with Gasteiger partial charge in [0.2, 0.25) is 0 Å². The molecule has 0 aliphatic heterocycles. The largest absolute Gasteiger partial charge is 0.306 e. The molecule has 0 saturated heterocycles. The molecule has 0 amide bonds. The quantitative estimate of drug-likeness (QED) is 0.717. The van der Waals surface area contributed by atoms with Gasteiger partial charge in [-0.2, -0.15) is 0 Å². The minimum absolute atomic E-state index is 0.00623. The number of ketones is 1. The van der Waals surface area contributed by atoms with Gasteiger partial charge >= 0.3 is 0 Å². The minimum atomic E-state index is -0.241. The normalized spacial score (nSPS) is 10.6. The minimum Gasteiger partial charge on any atom is -0.306 e. The van der Waals surface area contributed by atoms with Crippen LogP contribution in [-0.4, -0.2) is 10.4 Å². The molecule has 0 fully saturated rings. The summed E-state index contributed by atoms with van der Waals surface area (Å²) in [5.74, 6) is -0.140. The molecule has 18 heavy (non-hydrogen) atoms. The summed E-state index contributed by atoms with van der Waals surface area (Å²) in [6.45, 7) is -0.00623. The molecule has 2 aromatic rings. The van der Waals surface area contributed by atoms with Gasteiger partial charge in [0.05, 0.1) is 20.2 Å². The van der Waals surface area contributed by atoms with Gasteiger partial charge in [-0.25, -0.2) is 0 Å². The van der Waals surface area contributed by atoms with E-state index in [1.54, 1.807) is 24.4 Å². The van der Waals surface area contributed by atoms with Crippen molar-refractivity contribution in [2.45, 2.75) is 6.54 Å². The van der Waals surface area contributed by atoms with Gasteiger partial charge in [-0.05, 0) is 50.1 Å². The van der Waals surface area contributed by atoms with Crippen LogP contribution in [0.5, 0.6) is 0 Å². The molecule has 2 heterocycles. The predicted molar refractivity (Wildman–Crippen MR) is 79.8 cm³/mol. The van der Waals surface area contributed by atoms with Crippen molar-refractivity contribution in [1.82, 2.24) is 4.57 Å². The zero-order valence-corrected chi connectivity index (χ0v) is 13.6. The molecule has 0 aliphatic rings. The number of halogens is 3. The Hall–Kier alpha value is -0.430. The van der Waals surface area contributed by atoms with E-state index in [9.17, 15) is 9.59 Å². The van der Waals surface area contributed by atoms with Gasteiger partial charge in [-0.3, -0.25) is 9.59 Å². The van der Waals surface area contributed by atoms with Crippen molar-refractivity contribution in [2.75, 3.05) is 0 Å². The van der Waals surface area contributed by atoms with Gasteiger partial charge in [-0.15, -0.1) is 11.3 Å². The van der Waals surface area contributed by atoms with E-state index in [0.717, 1.165) is 4.47 Å². The molecule has 7 heteroatoms. The van der Waals surface area contributed by atoms with Crippen LogP contribution >= 0.6 is 54.8 Å². The van der Waals surface area contributed by atoms with E-state index in [1.165, 1.54) is 15.9 Å². The lowest BCUT2D eigenvalue weighted by Crippen LogP contribution is -2.24. The van der Waals surface area contributed by atoms with Crippen LogP contribution < -0.4 is 5.56 Å². The number of carbonyl (C=O) groups excluding carboxylic acids is 1. The lowest BCUT2D eigenvalue weighted by atomic mass is 10.3. The number of carbonyl (C=O) groups is 1. The second-order valence-corrected chi connectivity index (χ2v) is 6.95. The number of hydrogen-bond acceptors (Lipinski definition) is 3. The van der Waals surface area contributed by atoms with Crippen LogP contribution in [0.15, 0.2) is 38.1 Å². The first kappa shape index (κ1) is 14.0. The Bertz CT molecular complexity index is 665. The van der Waals surface area contributed by atoms with E-state index >= 15 is 0 Å². The summed E-state index contributed by atoms with van der Waals surface area (Å²) in [5, 5.41) is 0. The maximum atomic E-state index is 12.0. The summed E-state index contributed by atoms with van der Waals surface area (Å²) >= 11 is 13.4. The third kappa shape index (κ3) is 3.12. The van der Waals surface area contributed by atoms with E-state index in [0.29, 0.717) is 13.7 Å². The second kappa shape index (κ2) is 5.69. The van der Waals surface area contributed by atoms with E-state index < -0.39 is 0 Å². The van der Waals surface area contributed by atoms with Crippen molar-refractivity contribution >= 4 is 60.6 Å². The van der Waals surface area contributed by atoms with Crippen molar-refractivity contribution in [3.05, 3.63) is 52.9 Å². The number of nitrogens with zero attached hydrogens (tertiary/aromatic N) is 1. The first-order valence-corrected chi connectivity index (χ1v) is 7.59. The molecule has 0 aromatic carbocycles. The molecule has 2 rings (SSSR count). The Morgan fingerprint density at radius 3 is 2.72 bits per heavy atom. The average molecular weight is 412 g/mol. The number of aromatic nitrogens is 1. The Morgan fingerprint density at radius 1 is 1.39 bits per heavy atom. The molecule has 0 saturated carbocycles. The topological polar surface area (TPSA) is 39.1 Å². The van der Waals surface area contributed by atoms with Crippen molar-refractivity contribution in [1.29, 1.82) is 0 Å². The number of rotatable bonds is 3. The van der Waals surface area contributed by atoms with Gasteiger partial charge in [0, 0.05) is 10.7 Å². The van der Waals surface area contributed by atoms with Gasteiger partial charge in [0.15, 0.2) is 5.78 Å². The monoisotopic (exact) mass is 409 g/mol. The fourth-order valence-corrected chi connectivity index (χ4v) is 3.61. The first-order valence-electron chi connectivity index (χ1n) is 4.81. The Kier molecular flexibility index (Phi) is 4.42. The van der Waals surface area contributed by atoms with Crippen LogP contribution in [0.3, 0.4) is 0 Å². The van der Waals surface area contributed by atoms with Crippen LogP contribution in [0, 0.1) is 0 Å². The highest BCUT2D eigenvalue weighted by Crippen LogP contribution is 2.22. The average Bonchev–Trinajstić information content (AvgIpc) is 2.72. The second-order valence-electron chi connectivity index (χ2n) is 3.47. The van der Waals surface area contributed by atoms with Crippen molar-refractivity contribution in [2.24, 2.45) is 0 Å². The molecule has 0 unspecified atom stereocenters. The fourth-order valence-electron chi connectivity index (χ4n) is 1.38. The lowest BCUT2D eigenvalue weighted by molar-refractivity contribution is 0.0974. The summed E-state index contributed by atoms with van der Waals surface area (Å²) in [5.41, 5.74) is -0.241. The standard InChI is InChI=1S/C11H6Br2ClNO2S/c12-6-3-7(13)11(17)15(4-6)5-8(16)9-1-2-10(14)18-9/h1-4H,5H2. The summed E-state index contributed by atoms with van der Waals surface area (Å²) in [4.78, 5) is 24.3. The maximum Gasteiger partial charge on any atom is 0.265 e. The predicted octanol–water partition coefficient (Wildman–Crippen LogP) is 3.97. The molecule has 0 N–H and O–H groups in total. The van der Waals surface area contributed by atoms with Crippen LogP contribution in [0.4, 0.5) is 0 Å². The molecule has 0 spiro atoms. The molecular formula is C11H6Br2ClNO2S. The summed E-state index contributed by atoms with van der Waals surface area (Å²) < 4.78 is 3.05. The van der Waals surface area contributed by atoms with Crippen molar-refractivity contribution in [3.8, 4) is 0 Å². The van der Waals surface area contributed by atoms with Crippen molar-refractivity contribution in [3.63, 3.8) is 0 Å². The molecule has 0 bridgehead atoms. The molecule has 2 aromatic heterocycles. The fraction of sp³-hybridized carbons (Fsp3) is 0.0909. The van der Waals surface area contributed by atoms with E-state index in [4.69, 9.17) is 11.6 Å². The molecule has 94 valence electrons. The molecular weight excluding hydrogens is 405 g/mol. The van der Waals surface area contributed by atoms with Gasteiger partial charge in [0.25, 0.3) is 5.56 Å². The molecule has 0 aliphatic carbocycles. The Morgan fingerprint density at radius 2 is 2.11 bits per heavy atom. The van der Waals surface area contributed by atoms with Crippen LogP contribution in [0.25, 0.3) is 0 Å². The Labute approximate surface area is 129 Å². The van der Waals surface area contributed by atoms with E-state index in [2.05, 4.69) is 31.9 Å². The SMILES string of the molecule is O=C(Cn1cc(Br)cc(Br)c1=O)c1ccc(Cl)s1. The van der Waals surface area contributed by atoms with Crippen LogP contribution in [-0.2, 0) is 6.54 Å². The third-order valence-corrected chi connectivity index (χ3v) is 4.44. The van der Waals surface area contributed by atoms with Gasteiger partial charge in [-0.1, -0.05) is 11.6 Å². The Balaban J connectivity index is 2.30. The van der Waals surface area contributed by atoms with Gasteiger partial charge in [0.1, 0.15) is 0 Å². The molecule has 0 atom stereocenters. The number of pyridine rings is 1. The van der Waals surface area contributed by atoms with E-state index in [1.807, 2.05) is 0 Å². The maximum absolute atomic E-state index is 12.0. The number of Topliss-reactive ketones (excluding diaryl/α,β-unsaturated/α-hetero) is 1. The lowest BCUT2D eigenvalue weighted by Gasteiger charge is -2.05. The number of thiophene rings is 1. The summed E-state index contributed by atoms with van der Waals surface area (Å²) in [6.07, 6.45) is 1.58. The first-order chi connectivity index (χ1) is 8.47. The molecule has 0 radical (unpaired) electrons. The highest BCUT2D eigenvalue weighted by atomic mass is 79.9.